The van der Waals surface area contributed by atoms with Crippen LogP contribution in [-0.2, 0) is 6.54 Å². The number of benzene rings is 1. The fourth-order valence-corrected chi connectivity index (χ4v) is 2.29. The van der Waals surface area contributed by atoms with Gasteiger partial charge in [0.2, 0.25) is 0 Å². The number of aromatic nitrogens is 1. The molecule has 3 nitrogen and oxygen atoms in total. The number of pyridine rings is 1. The summed E-state index contributed by atoms with van der Waals surface area (Å²) in [4.78, 5) is 6.40. The minimum atomic E-state index is -0.260. The van der Waals surface area contributed by atoms with Crippen LogP contribution in [0.25, 0.3) is 0 Å². The molecule has 0 spiro atoms. The van der Waals surface area contributed by atoms with Crippen LogP contribution in [0.15, 0.2) is 36.4 Å². The van der Waals surface area contributed by atoms with Gasteiger partial charge in [-0.25, -0.2) is 9.37 Å². The first kappa shape index (κ1) is 15.7. The van der Waals surface area contributed by atoms with Gasteiger partial charge in [-0.3, -0.25) is 0 Å². The van der Waals surface area contributed by atoms with E-state index in [1.807, 2.05) is 30.9 Å². The van der Waals surface area contributed by atoms with Crippen LogP contribution in [0.5, 0.6) is 0 Å². The number of nitrogens with zero attached hydrogens (tertiary/aromatic N) is 2. The first-order chi connectivity index (χ1) is 10.2. The van der Waals surface area contributed by atoms with Gasteiger partial charge in [0.25, 0.3) is 0 Å². The van der Waals surface area contributed by atoms with Crippen molar-refractivity contribution in [3.05, 3.63) is 52.9 Å². The highest BCUT2D eigenvalue weighted by atomic mass is 35.5. The minimum absolute atomic E-state index is 0.260. The highest BCUT2D eigenvalue weighted by molar-refractivity contribution is 6.31. The van der Waals surface area contributed by atoms with E-state index in [2.05, 4.69) is 10.3 Å². The van der Waals surface area contributed by atoms with E-state index in [0.717, 1.165) is 12.2 Å². The summed E-state index contributed by atoms with van der Waals surface area (Å²) in [5.41, 5.74) is 1.29. The maximum absolute atomic E-state index is 14.0. The molecule has 5 heteroatoms. The van der Waals surface area contributed by atoms with Crippen LogP contribution in [0.1, 0.15) is 19.5 Å². The highest BCUT2D eigenvalue weighted by Gasteiger charge is 2.14. The number of hydrogen-bond acceptors (Lipinski definition) is 3. The molecule has 0 aliphatic heterocycles. The number of para-hydroxylation sites is 1. The van der Waals surface area contributed by atoms with Crippen molar-refractivity contribution in [3.8, 4) is 0 Å². The largest absolute Gasteiger partial charge is 0.324 e. The smallest absolute Gasteiger partial charge is 0.146 e. The molecule has 0 saturated carbocycles. The summed E-state index contributed by atoms with van der Waals surface area (Å²) < 4.78 is 14.0. The zero-order valence-corrected chi connectivity index (χ0v) is 13.0. The van der Waals surface area contributed by atoms with E-state index >= 15 is 0 Å². The topological polar surface area (TPSA) is 28.2 Å². The molecule has 0 fully saturated rings. The van der Waals surface area contributed by atoms with Gasteiger partial charge >= 0.3 is 0 Å². The molecule has 0 aliphatic carbocycles. The summed E-state index contributed by atoms with van der Waals surface area (Å²) in [7, 11) is 0. The Hall–Kier alpha value is -1.65. The van der Waals surface area contributed by atoms with Crippen molar-refractivity contribution >= 4 is 23.1 Å². The summed E-state index contributed by atoms with van der Waals surface area (Å²) in [5, 5.41) is 3.82. The van der Waals surface area contributed by atoms with Gasteiger partial charge in [0.05, 0.1) is 16.4 Å². The third kappa shape index (κ3) is 3.71. The van der Waals surface area contributed by atoms with E-state index in [1.54, 1.807) is 18.2 Å². The van der Waals surface area contributed by atoms with Gasteiger partial charge in [-0.2, -0.15) is 0 Å². The molecule has 0 radical (unpaired) electrons. The van der Waals surface area contributed by atoms with Crippen LogP contribution in [0.3, 0.4) is 0 Å². The van der Waals surface area contributed by atoms with E-state index in [9.17, 15) is 4.39 Å². The van der Waals surface area contributed by atoms with Crippen LogP contribution in [0, 0.1) is 5.82 Å². The maximum atomic E-state index is 14.0. The molecule has 1 aromatic carbocycles. The van der Waals surface area contributed by atoms with Gasteiger partial charge in [-0.1, -0.05) is 30.7 Å². The van der Waals surface area contributed by atoms with Gasteiger partial charge in [-0.05, 0) is 37.7 Å². The van der Waals surface area contributed by atoms with Crippen molar-refractivity contribution < 1.29 is 4.39 Å². The Morgan fingerprint density at radius 1 is 1.19 bits per heavy atom. The van der Waals surface area contributed by atoms with Gasteiger partial charge in [0.1, 0.15) is 11.6 Å². The summed E-state index contributed by atoms with van der Waals surface area (Å²) >= 11 is 6.16. The molecule has 112 valence electrons. The summed E-state index contributed by atoms with van der Waals surface area (Å²) in [6, 6.07) is 10.3. The van der Waals surface area contributed by atoms with E-state index in [1.165, 1.54) is 6.07 Å². The lowest BCUT2D eigenvalue weighted by Crippen LogP contribution is -2.20. The monoisotopic (exact) mass is 307 g/mol. The number of rotatable bonds is 6. The molecular weight excluding hydrogens is 289 g/mol. The zero-order valence-electron chi connectivity index (χ0n) is 12.2. The summed E-state index contributed by atoms with van der Waals surface area (Å²) in [6.45, 7) is 6.05. The van der Waals surface area contributed by atoms with Crippen molar-refractivity contribution in [2.45, 2.75) is 20.4 Å². The Bertz CT molecular complexity index is 604. The average Bonchev–Trinajstić information content (AvgIpc) is 2.50. The molecule has 1 aromatic heterocycles. The summed E-state index contributed by atoms with van der Waals surface area (Å²) in [5.74, 6) is 0.434. The van der Waals surface area contributed by atoms with Gasteiger partial charge in [0.15, 0.2) is 0 Å². The standard InChI is InChI=1S/C16H19ClFN3/c1-3-19-11-14-12(17)9-10-16(20-14)21(4-2)15-8-6-5-7-13(15)18/h5-10,19H,3-4,11H2,1-2H3. The zero-order chi connectivity index (χ0) is 15.2. The lowest BCUT2D eigenvalue weighted by atomic mass is 10.2. The van der Waals surface area contributed by atoms with Gasteiger partial charge < -0.3 is 10.2 Å². The maximum Gasteiger partial charge on any atom is 0.146 e. The molecule has 21 heavy (non-hydrogen) atoms. The fraction of sp³-hybridized carbons (Fsp3) is 0.312. The third-order valence-electron chi connectivity index (χ3n) is 3.18. The normalized spacial score (nSPS) is 10.7. The van der Waals surface area contributed by atoms with Crippen molar-refractivity contribution in [2.24, 2.45) is 0 Å². The molecule has 0 unspecified atom stereocenters. The predicted molar refractivity (Wildman–Crippen MR) is 85.7 cm³/mol. The molecular formula is C16H19ClFN3. The molecule has 0 bridgehead atoms. The Morgan fingerprint density at radius 2 is 1.95 bits per heavy atom. The minimum Gasteiger partial charge on any atom is -0.324 e. The van der Waals surface area contributed by atoms with E-state index in [0.29, 0.717) is 29.6 Å². The van der Waals surface area contributed by atoms with Crippen molar-refractivity contribution in [1.82, 2.24) is 10.3 Å². The van der Waals surface area contributed by atoms with E-state index in [-0.39, 0.29) is 5.82 Å². The first-order valence-electron chi connectivity index (χ1n) is 7.05. The Labute approximate surface area is 129 Å². The lowest BCUT2D eigenvalue weighted by Gasteiger charge is -2.23. The third-order valence-corrected chi connectivity index (χ3v) is 3.53. The van der Waals surface area contributed by atoms with Crippen molar-refractivity contribution in [2.75, 3.05) is 18.0 Å². The number of anilines is 2. The Kier molecular flexibility index (Phi) is 5.53. The molecule has 2 rings (SSSR count). The number of nitrogens with one attached hydrogen (secondary N) is 1. The lowest BCUT2D eigenvalue weighted by molar-refractivity contribution is 0.625. The van der Waals surface area contributed by atoms with Crippen LogP contribution in [0.2, 0.25) is 5.02 Å². The van der Waals surface area contributed by atoms with Crippen molar-refractivity contribution in [3.63, 3.8) is 0 Å². The second-order valence-electron chi connectivity index (χ2n) is 4.57. The molecule has 1 N–H and O–H groups in total. The molecule has 1 heterocycles. The van der Waals surface area contributed by atoms with E-state index in [4.69, 9.17) is 11.6 Å². The Balaban J connectivity index is 2.36. The van der Waals surface area contributed by atoms with Crippen LogP contribution in [-0.4, -0.2) is 18.1 Å². The number of halogens is 2. The molecule has 0 aliphatic rings. The second kappa shape index (κ2) is 7.38. The predicted octanol–water partition coefficient (Wildman–Crippen LogP) is 4.14. The van der Waals surface area contributed by atoms with Gasteiger partial charge in [-0.15, -0.1) is 0 Å². The highest BCUT2D eigenvalue weighted by Crippen LogP contribution is 2.27. The molecule has 0 amide bonds. The first-order valence-corrected chi connectivity index (χ1v) is 7.43. The number of hydrogen-bond donors (Lipinski definition) is 1. The Morgan fingerprint density at radius 3 is 2.62 bits per heavy atom. The van der Waals surface area contributed by atoms with Gasteiger partial charge in [0, 0.05) is 13.1 Å². The fourth-order valence-electron chi connectivity index (χ4n) is 2.12. The SMILES string of the molecule is CCNCc1nc(N(CC)c2ccccc2F)ccc1Cl. The molecule has 0 saturated heterocycles. The summed E-state index contributed by atoms with van der Waals surface area (Å²) in [6.07, 6.45) is 0. The second-order valence-corrected chi connectivity index (χ2v) is 4.98. The van der Waals surface area contributed by atoms with E-state index < -0.39 is 0 Å². The average molecular weight is 308 g/mol. The van der Waals surface area contributed by atoms with Crippen LogP contribution >= 0.6 is 11.6 Å². The molecule has 2 aromatic rings. The quantitative estimate of drug-likeness (QED) is 0.869. The van der Waals surface area contributed by atoms with Crippen LogP contribution < -0.4 is 10.2 Å². The van der Waals surface area contributed by atoms with Crippen LogP contribution in [0.4, 0.5) is 15.9 Å². The van der Waals surface area contributed by atoms with Crippen molar-refractivity contribution in [1.29, 1.82) is 0 Å². The molecule has 0 atom stereocenters.